The Morgan fingerprint density at radius 2 is 1.85 bits per heavy atom. The molecule has 5 nitrogen and oxygen atoms in total. The predicted molar refractivity (Wildman–Crippen MR) is 79.3 cm³/mol. The summed E-state index contributed by atoms with van der Waals surface area (Å²) in [4.78, 5) is 15.3. The van der Waals surface area contributed by atoms with Crippen LogP contribution < -0.4 is 4.90 Å². The second-order valence-corrected chi connectivity index (χ2v) is 6.11. The molecule has 2 heterocycles. The number of nitrogens with zero attached hydrogens (tertiary/aromatic N) is 3. The van der Waals surface area contributed by atoms with Crippen molar-refractivity contribution in [2.75, 3.05) is 31.6 Å². The average molecular weight is 275 g/mol. The molecule has 2 aliphatic rings. The predicted octanol–water partition coefficient (Wildman–Crippen LogP) is 2.58. The number of nitro benzene ring substituents is 1. The van der Waals surface area contributed by atoms with Gasteiger partial charge in [0, 0.05) is 43.0 Å². The Labute approximate surface area is 119 Å². The minimum Gasteiger partial charge on any atom is -0.371 e. The smallest absolute Gasteiger partial charge is 0.269 e. The molecule has 0 radical (unpaired) electrons. The zero-order valence-corrected chi connectivity index (χ0v) is 12.1. The van der Waals surface area contributed by atoms with E-state index in [1.165, 1.54) is 25.8 Å². The van der Waals surface area contributed by atoms with Gasteiger partial charge in [-0.05, 0) is 44.9 Å². The van der Waals surface area contributed by atoms with Gasteiger partial charge in [0.15, 0.2) is 0 Å². The molecule has 5 heteroatoms. The molecule has 2 saturated heterocycles. The molecular formula is C15H21N3O2. The van der Waals surface area contributed by atoms with Crippen LogP contribution >= 0.6 is 0 Å². The summed E-state index contributed by atoms with van der Waals surface area (Å²) in [6.45, 7) is 5.27. The topological polar surface area (TPSA) is 49.6 Å². The molecule has 1 spiro atoms. The van der Waals surface area contributed by atoms with E-state index >= 15 is 0 Å². The largest absolute Gasteiger partial charge is 0.371 e. The van der Waals surface area contributed by atoms with Crippen molar-refractivity contribution in [1.29, 1.82) is 0 Å². The molecule has 0 bridgehead atoms. The van der Waals surface area contributed by atoms with Gasteiger partial charge < -0.3 is 9.80 Å². The highest BCUT2D eigenvalue weighted by Crippen LogP contribution is 2.40. The monoisotopic (exact) mass is 275 g/mol. The fourth-order valence-electron chi connectivity index (χ4n) is 3.56. The maximum absolute atomic E-state index is 10.8. The Bertz CT molecular complexity index is 536. The van der Waals surface area contributed by atoms with Gasteiger partial charge in [0.25, 0.3) is 5.69 Å². The summed E-state index contributed by atoms with van der Waals surface area (Å²) >= 11 is 0. The van der Waals surface area contributed by atoms with E-state index in [1.54, 1.807) is 12.1 Å². The molecule has 0 N–H and O–H groups in total. The number of non-ortho nitro benzene ring substituents is 1. The average Bonchev–Trinajstić information content (AvgIpc) is 2.45. The van der Waals surface area contributed by atoms with Gasteiger partial charge >= 0.3 is 0 Å². The molecule has 20 heavy (non-hydrogen) atoms. The van der Waals surface area contributed by atoms with E-state index in [2.05, 4.69) is 16.8 Å². The first kappa shape index (κ1) is 13.4. The number of hydrogen-bond acceptors (Lipinski definition) is 4. The first-order valence-electron chi connectivity index (χ1n) is 7.23. The minimum atomic E-state index is -0.328. The van der Waals surface area contributed by atoms with E-state index in [1.807, 2.05) is 13.0 Å². The lowest BCUT2D eigenvalue weighted by Crippen LogP contribution is -2.62. The Kier molecular flexibility index (Phi) is 3.17. The summed E-state index contributed by atoms with van der Waals surface area (Å²) in [6, 6.07) is 5.19. The van der Waals surface area contributed by atoms with Crippen LogP contribution in [-0.4, -0.2) is 42.0 Å². The molecule has 0 saturated carbocycles. The molecule has 3 rings (SSSR count). The molecule has 2 aliphatic heterocycles. The van der Waals surface area contributed by atoms with Gasteiger partial charge in [0.05, 0.1) is 4.92 Å². The number of benzene rings is 1. The van der Waals surface area contributed by atoms with E-state index in [9.17, 15) is 10.1 Å². The van der Waals surface area contributed by atoms with Gasteiger partial charge in [0.1, 0.15) is 0 Å². The van der Waals surface area contributed by atoms with Crippen molar-refractivity contribution in [2.24, 2.45) is 0 Å². The van der Waals surface area contributed by atoms with Crippen LogP contribution in [0.25, 0.3) is 0 Å². The summed E-state index contributed by atoms with van der Waals surface area (Å²) in [5.41, 5.74) is 2.76. The van der Waals surface area contributed by atoms with Crippen LogP contribution in [0.1, 0.15) is 24.8 Å². The van der Waals surface area contributed by atoms with Gasteiger partial charge in [-0.1, -0.05) is 0 Å². The maximum atomic E-state index is 10.8. The molecule has 0 aliphatic carbocycles. The van der Waals surface area contributed by atoms with Crippen LogP contribution in [0.3, 0.4) is 0 Å². The van der Waals surface area contributed by atoms with Gasteiger partial charge in [-0.15, -0.1) is 0 Å². The lowest BCUT2D eigenvalue weighted by molar-refractivity contribution is -0.384. The first-order valence-corrected chi connectivity index (χ1v) is 7.23. The van der Waals surface area contributed by atoms with Crippen LogP contribution in [0, 0.1) is 17.0 Å². The number of rotatable bonds is 2. The van der Waals surface area contributed by atoms with Crippen LogP contribution in [0.4, 0.5) is 11.4 Å². The fourth-order valence-corrected chi connectivity index (χ4v) is 3.56. The van der Waals surface area contributed by atoms with Crippen molar-refractivity contribution in [3.05, 3.63) is 33.9 Å². The second-order valence-electron chi connectivity index (χ2n) is 6.11. The van der Waals surface area contributed by atoms with Gasteiger partial charge in [-0.3, -0.25) is 10.1 Å². The summed E-state index contributed by atoms with van der Waals surface area (Å²) in [5, 5.41) is 10.8. The Balaban J connectivity index is 1.73. The van der Waals surface area contributed by atoms with E-state index in [-0.39, 0.29) is 10.6 Å². The molecule has 1 aromatic carbocycles. The lowest BCUT2D eigenvalue weighted by Gasteiger charge is -2.55. The van der Waals surface area contributed by atoms with Crippen LogP contribution in [0.2, 0.25) is 0 Å². The Morgan fingerprint density at radius 1 is 1.20 bits per heavy atom. The molecule has 0 aromatic heterocycles. The van der Waals surface area contributed by atoms with E-state index in [0.29, 0.717) is 5.54 Å². The number of hydrogen-bond donors (Lipinski definition) is 0. The third-order valence-corrected chi connectivity index (χ3v) is 5.15. The van der Waals surface area contributed by atoms with Crippen molar-refractivity contribution in [3.8, 4) is 0 Å². The van der Waals surface area contributed by atoms with Gasteiger partial charge in [-0.25, -0.2) is 0 Å². The van der Waals surface area contributed by atoms with Gasteiger partial charge in [-0.2, -0.15) is 0 Å². The zero-order valence-electron chi connectivity index (χ0n) is 12.1. The van der Waals surface area contributed by atoms with E-state index in [4.69, 9.17) is 0 Å². The zero-order chi connectivity index (χ0) is 14.3. The lowest BCUT2D eigenvalue weighted by atomic mass is 9.77. The number of anilines is 1. The Hall–Kier alpha value is -1.62. The number of likely N-dealkylation sites (tertiary alicyclic amines) is 1. The van der Waals surface area contributed by atoms with Gasteiger partial charge in [0.2, 0.25) is 0 Å². The molecule has 108 valence electrons. The third kappa shape index (κ3) is 2.06. The number of piperidine rings is 1. The molecule has 1 aromatic rings. The highest BCUT2D eigenvalue weighted by molar-refractivity contribution is 5.57. The maximum Gasteiger partial charge on any atom is 0.269 e. The fraction of sp³-hybridized carbons (Fsp3) is 0.600. The van der Waals surface area contributed by atoms with E-state index < -0.39 is 0 Å². The molecule has 0 amide bonds. The molecule has 2 fully saturated rings. The van der Waals surface area contributed by atoms with Crippen molar-refractivity contribution < 1.29 is 4.92 Å². The third-order valence-electron chi connectivity index (χ3n) is 5.15. The summed E-state index contributed by atoms with van der Waals surface area (Å²) < 4.78 is 0. The van der Waals surface area contributed by atoms with Crippen LogP contribution in [0.5, 0.6) is 0 Å². The quantitative estimate of drug-likeness (QED) is 0.615. The number of aryl methyl sites for hydroxylation is 1. The summed E-state index contributed by atoms with van der Waals surface area (Å²) in [6.07, 6.45) is 3.70. The SMILES string of the molecule is Cc1cc([N+](=O)[O-])ccc1N1CCC2(CC1)CCN2C. The first-order chi connectivity index (χ1) is 9.52. The summed E-state index contributed by atoms with van der Waals surface area (Å²) in [7, 11) is 2.22. The normalized spacial score (nSPS) is 21.8. The molecule has 0 unspecified atom stereocenters. The van der Waals surface area contributed by atoms with Crippen molar-refractivity contribution in [1.82, 2.24) is 4.90 Å². The number of nitro groups is 1. The van der Waals surface area contributed by atoms with Crippen molar-refractivity contribution in [2.45, 2.75) is 31.7 Å². The standard InChI is InChI=1S/C15H21N3O2/c1-12-11-13(18(19)20)3-4-14(12)17-9-6-15(7-10-17)5-8-16(15)2/h3-4,11H,5-10H2,1-2H3. The van der Waals surface area contributed by atoms with Crippen molar-refractivity contribution >= 4 is 11.4 Å². The molecular weight excluding hydrogens is 254 g/mol. The highest BCUT2D eigenvalue weighted by atomic mass is 16.6. The van der Waals surface area contributed by atoms with E-state index in [0.717, 1.165) is 24.3 Å². The molecule has 0 atom stereocenters. The van der Waals surface area contributed by atoms with Crippen molar-refractivity contribution in [3.63, 3.8) is 0 Å². The van der Waals surface area contributed by atoms with Crippen LogP contribution in [0.15, 0.2) is 18.2 Å². The summed E-state index contributed by atoms with van der Waals surface area (Å²) in [5.74, 6) is 0. The van der Waals surface area contributed by atoms with Crippen LogP contribution in [-0.2, 0) is 0 Å². The second kappa shape index (κ2) is 4.74. The minimum absolute atomic E-state index is 0.179. The Morgan fingerprint density at radius 3 is 2.30 bits per heavy atom. The highest BCUT2D eigenvalue weighted by Gasteiger charge is 2.44.